The topological polar surface area (TPSA) is 41.1 Å². The maximum atomic E-state index is 11.4. The van der Waals surface area contributed by atoms with Crippen molar-refractivity contribution in [2.75, 3.05) is 16.9 Å². The highest BCUT2D eigenvalue weighted by Crippen LogP contribution is 2.22. The van der Waals surface area contributed by atoms with Gasteiger partial charge in [-0.2, -0.15) is 0 Å². The molecular weight excluding hydrogens is 304 g/mol. The first-order valence-corrected chi connectivity index (χ1v) is 8.89. The number of benzene rings is 3. The van der Waals surface area contributed by atoms with Crippen LogP contribution in [0.15, 0.2) is 83.8 Å². The highest BCUT2D eigenvalue weighted by molar-refractivity contribution is 7.84. The SMILES string of the molecule is CS(=O)c1ccc(Nc2ccc(Nc3ccccc3)cc2)cc1. The van der Waals surface area contributed by atoms with Gasteiger partial charge in [-0.1, -0.05) is 18.2 Å². The highest BCUT2D eigenvalue weighted by atomic mass is 32.2. The van der Waals surface area contributed by atoms with Crippen LogP contribution in [0.2, 0.25) is 0 Å². The Kier molecular flexibility index (Phi) is 4.74. The summed E-state index contributed by atoms with van der Waals surface area (Å²) in [7, 11) is -0.942. The summed E-state index contributed by atoms with van der Waals surface area (Å²) in [6.07, 6.45) is 1.68. The van der Waals surface area contributed by atoms with Crippen LogP contribution < -0.4 is 10.6 Å². The normalized spacial score (nSPS) is 11.7. The van der Waals surface area contributed by atoms with E-state index in [0.717, 1.165) is 27.6 Å². The molecule has 4 heteroatoms. The van der Waals surface area contributed by atoms with Gasteiger partial charge in [0.2, 0.25) is 0 Å². The Morgan fingerprint density at radius 2 is 1.00 bits per heavy atom. The van der Waals surface area contributed by atoms with E-state index in [1.807, 2.05) is 78.9 Å². The summed E-state index contributed by atoms with van der Waals surface area (Å²) >= 11 is 0. The second kappa shape index (κ2) is 7.11. The van der Waals surface area contributed by atoms with Gasteiger partial charge in [-0.15, -0.1) is 0 Å². The molecule has 0 aliphatic rings. The van der Waals surface area contributed by atoms with Crippen LogP contribution in [0.1, 0.15) is 0 Å². The molecule has 0 spiro atoms. The van der Waals surface area contributed by atoms with Gasteiger partial charge >= 0.3 is 0 Å². The summed E-state index contributed by atoms with van der Waals surface area (Å²) in [6.45, 7) is 0. The molecular formula is C19H18N2OS. The summed E-state index contributed by atoms with van der Waals surface area (Å²) in [5.74, 6) is 0. The summed E-state index contributed by atoms with van der Waals surface area (Å²) in [6, 6.07) is 25.8. The Bertz CT molecular complexity index is 784. The molecule has 3 nitrogen and oxygen atoms in total. The van der Waals surface area contributed by atoms with Crippen LogP contribution in [-0.4, -0.2) is 10.5 Å². The van der Waals surface area contributed by atoms with Crippen molar-refractivity contribution in [3.8, 4) is 0 Å². The Morgan fingerprint density at radius 3 is 1.43 bits per heavy atom. The van der Waals surface area contributed by atoms with E-state index in [1.165, 1.54) is 0 Å². The Hall–Kier alpha value is -2.59. The third kappa shape index (κ3) is 4.20. The van der Waals surface area contributed by atoms with Crippen molar-refractivity contribution in [1.82, 2.24) is 0 Å². The van der Waals surface area contributed by atoms with E-state index >= 15 is 0 Å². The average molecular weight is 322 g/mol. The largest absolute Gasteiger partial charge is 0.356 e. The monoisotopic (exact) mass is 322 g/mol. The summed E-state index contributed by atoms with van der Waals surface area (Å²) in [5, 5.41) is 6.69. The number of para-hydroxylation sites is 1. The fraction of sp³-hybridized carbons (Fsp3) is 0.0526. The van der Waals surface area contributed by atoms with Gasteiger partial charge in [-0.25, -0.2) is 0 Å². The van der Waals surface area contributed by atoms with Gasteiger partial charge in [0.25, 0.3) is 0 Å². The zero-order valence-corrected chi connectivity index (χ0v) is 13.6. The zero-order chi connectivity index (χ0) is 16.1. The lowest BCUT2D eigenvalue weighted by molar-refractivity contribution is 0.687. The molecule has 0 saturated carbocycles. The van der Waals surface area contributed by atoms with Crippen molar-refractivity contribution >= 4 is 33.5 Å². The molecule has 23 heavy (non-hydrogen) atoms. The molecule has 0 heterocycles. The van der Waals surface area contributed by atoms with E-state index in [1.54, 1.807) is 6.26 Å². The quantitative estimate of drug-likeness (QED) is 0.701. The minimum atomic E-state index is -0.942. The lowest BCUT2D eigenvalue weighted by Crippen LogP contribution is -1.93. The highest BCUT2D eigenvalue weighted by Gasteiger charge is 1.99. The molecule has 0 bridgehead atoms. The van der Waals surface area contributed by atoms with Crippen LogP contribution in [0.4, 0.5) is 22.7 Å². The molecule has 0 aliphatic carbocycles. The van der Waals surface area contributed by atoms with E-state index in [0.29, 0.717) is 0 Å². The third-order valence-corrected chi connectivity index (χ3v) is 4.36. The first kappa shape index (κ1) is 15.3. The maximum Gasteiger partial charge on any atom is 0.0498 e. The van der Waals surface area contributed by atoms with E-state index in [9.17, 15) is 4.21 Å². The van der Waals surface area contributed by atoms with Crippen molar-refractivity contribution in [2.24, 2.45) is 0 Å². The van der Waals surface area contributed by atoms with Crippen molar-refractivity contribution in [3.63, 3.8) is 0 Å². The van der Waals surface area contributed by atoms with Gasteiger partial charge in [0, 0.05) is 44.7 Å². The number of hydrogen-bond donors (Lipinski definition) is 2. The maximum absolute atomic E-state index is 11.4. The van der Waals surface area contributed by atoms with Crippen LogP contribution in [-0.2, 0) is 10.8 Å². The fourth-order valence-electron chi connectivity index (χ4n) is 2.22. The van der Waals surface area contributed by atoms with Gasteiger partial charge in [0.05, 0.1) is 0 Å². The molecule has 0 aromatic heterocycles. The standard InChI is InChI=1S/C19H18N2OS/c1-23(22)19-13-11-18(12-14-19)21-17-9-7-16(8-10-17)20-15-5-3-2-4-6-15/h2-14,20-21H,1H3. The molecule has 3 aromatic rings. The average Bonchev–Trinajstić information content (AvgIpc) is 2.58. The van der Waals surface area contributed by atoms with Crippen LogP contribution in [0, 0.1) is 0 Å². The summed E-state index contributed by atoms with van der Waals surface area (Å²) < 4.78 is 11.4. The van der Waals surface area contributed by atoms with E-state index in [-0.39, 0.29) is 0 Å². The molecule has 2 N–H and O–H groups in total. The van der Waals surface area contributed by atoms with Crippen LogP contribution in [0.3, 0.4) is 0 Å². The predicted octanol–water partition coefficient (Wildman–Crippen LogP) is 4.91. The molecule has 0 saturated heterocycles. The second-order valence-electron chi connectivity index (χ2n) is 5.17. The van der Waals surface area contributed by atoms with Gasteiger partial charge in [0.1, 0.15) is 0 Å². The Balaban J connectivity index is 1.66. The first-order chi connectivity index (χ1) is 11.2. The van der Waals surface area contributed by atoms with Crippen LogP contribution in [0.25, 0.3) is 0 Å². The molecule has 0 amide bonds. The molecule has 1 unspecified atom stereocenters. The molecule has 116 valence electrons. The summed E-state index contributed by atoms with van der Waals surface area (Å²) in [4.78, 5) is 0.831. The number of hydrogen-bond acceptors (Lipinski definition) is 3. The van der Waals surface area contributed by atoms with E-state index in [2.05, 4.69) is 10.6 Å². The Labute approximate surface area is 138 Å². The zero-order valence-electron chi connectivity index (χ0n) is 12.8. The molecule has 0 aliphatic heterocycles. The predicted molar refractivity (Wildman–Crippen MR) is 98.2 cm³/mol. The lowest BCUT2D eigenvalue weighted by atomic mass is 10.2. The number of nitrogens with one attached hydrogen (secondary N) is 2. The third-order valence-electron chi connectivity index (χ3n) is 3.42. The van der Waals surface area contributed by atoms with Gasteiger partial charge < -0.3 is 10.6 Å². The van der Waals surface area contributed by atoms with Crippen LogP contribution in [0.5, 0.6) is 0 Å². The lowest BCUT2D eigenvalue weighted by Gasteiger charge is -2.09. The molecule has 1 atom stereocenters. The second-order valence-corrected chi connectivity index (χ2v) is 6.55. The van der Waals surface area contributed by atoms with Crippen molar-refractivity contribution in [3.05, 3.63) is 78.9 Å². The Morgan fingerprint density at radius 1 is 0.609 bits per heavy atom. The minimum absolute atomic E-state index is 0.831. The van der Waals surface area contributed by atoms with Gasteiger partial charge in [0.15, 0.2) is 0 Å². The number of anilines is 4. The number of rotatable bonds is 5. The van der Waals surface area contributed by atoms with Gasteiger partial charge in [-0.05, 0) is 60.7 Å². The summed E-state index contributed by atoms with van der Waals surface area (Å²) in [5.41, 5.74) is 4.09. The van der Waals surface area contributed by atoms with Gasteiger partial charge in [-0.3, -0.25) is 4.21 Å². The van der Waals surface area contributed by atoms with Crippen molar-refractivity contribution in [2.45, 2.75) is 4.90 Å². The van der Waals surface area contributed by atoms with Crippen molar-refractivity contribution < 1.29 is 4.21 Å². The first-order valence-electron chi connectivity index (χ1n) is 7.33. The molecule has 3 rings (SSSR count). The molecule has 0 radical (unpaired) electrons. The van der Waals surface area contributed by atoms with Crippen molar-refractivity contribution in [1.29, 1.82) is 0 Å². The molecule has 0 fully saturated rings. The molecule has 3 aromatic carbocycles. The fourth-order valence-corrected chi connectivity index (χ4v) is 2.74. The minimum Gasteiger partial charge on any atom is -0.356 e. The van der Waals surface area contributed by atoms with E-state index in [4.69, 9.17) is 0 Å². The smallest absolute Gasteiger partial charge is 0.0498 e. The van der Waals surface area contributed by atoms with E-state index < -0.39 is 10.8 Å². The van der Waals surface area contributed by atoms with Crippen LogP contribution >= 0.6 is 0 Å².